The normalized spacial score (nSPS) is 15.5. The lowest BCUT2D eigenvalue weighted by molar-refractivity contribution is 0.293. The molecule has 29 heavy (non-hydrogen) atoms. The molecule has 1 aliphatic rings. The van der Waals surface area contributed by atoms with Gasteiger partial charge in [0.2, 0.25) is 0 Å². The zero-order chi connectivity index (χ0) is 20.2. The second-order valence-corrected chi connectivity index (χ2v) is 7.24. The number of anilines is 1. The van der Waals surface area contributed by atoms with Crippen molar-refractivity contribution in [2.75, 3.05) is 25.6 Å². The fourth-order valence-corrected chi connectivity index (χ4v) is 4.11. The lowest BCUT2D eigenvalue weighted by Crippen LogP contribution is -2.44. The molecule has 0 amide bonds. The predicted octanol–water partition coefficient (Wildman–Crippen LogP) is 4.70. The van der Waals surface area contributed by atoms with Crippen LogP contribution in [0, 0.1) is 0 Å². The van der Waals surface area contributed by atoms with Crippen molar-refractivity contribution in [2.24, 2.45) is 0 Å². The molecule has 0 unspecified atom stereocenters. The molecule has 0 saturated carbocycles. The summed E-state index contributed by atoms with van der Waals surface area (Å²) in [6.07, 6.45) is 2.13. The number of ether oxygens (including phenoxy) is 2. The molecule has 2 aromatic carbocycles. The number of nitrogens with one attached hydrogen (secondary N) is 1. The molecule has 0 aliphatic carbocycles. The van der Waals surface area contributed by atoms with E-state index < -0.39 is 0 Å². The first kappa shape index (κ1) is 19.3. The van der Waals surface area contributed by atoms with Gasteiger partial charge in [0.05, 0.1) is 25.4 Å². The molecule has 6 heteroatoms. The van der Waals surface area contributed by atoms with Gasteiger partial charge in [-0.3, -0.25) is 0 Å². The van der Waals surface area contributed by atoms with Crippen LogP contribution in [-0.2, 0) is 6.54 Å². The van der Waals surface area contributed by atoms with E-state index in [0.717, 1.165) is 30.3 Å². The first-order valence-electron chi connectivity index (χ1n) is 9.79. The Labute approximate surface area is 176 Å². The van der Waals surface area contributed by atoms with Crippen LogP contribution >= 0.6 is 12.2 Å². The molecule has 150 valence electrons. The summed E-state index contributed by atoms with van der Waals surface area (Å²) in [6, 6.07) is 20.4. The number of aromatic nitrogens is 1. The van der Waals surface area contributed by atoms with Crippen molar-refractivity contribution in [3.63, 3.8) is 0 Å². The van der Waals surface area contributed by atoms with Gasteiger partial charge in [-0.15, -0.1) is 0 Å². The van der Waals surface area contributed by atoms with Gasteiger partial charge in [-0.25, -0.2) is 0 Å². The third-order valence-electron chi connectivity index (χ3n) is 5.15. The molecule has 3 aromatic rings. The van der Waals surface area contributed by atoms with Gasteiger partial charge < -0.3 is 24.3 Å². The third-order valence-corrected chi connectivity index (χ3v) is 5.49. The quantitative estimate of drug-likeness (QED) is 0.621. The number of hydrogen-bond donors (Lipinski definition) is 1. The van der Waals surface area contributed by atoms with E-state index in [4.69, 9.17) is 21.7 Å². The van der Waals surface area contributed by atoms with E-state index in [-0.39, 0.29) is 6.04 Å². The predicted molar refractivity (Wildman–Crippen MR) is 120 cm³/mol. The number of para-hydroxylation sites is 2. The maximum Gasteiger partial charge on any atom is 0.174 e. The van der Waals surface area contributed by atoms with Gasteiger partial charge in [-0.1, -0.05) is 24.3 Å². The van der Waals surface area contributed by atoms with Crippen LogP contribution in [0.3, 0.4) is 0 Å². The van der Waals surface area contributed by atoms with Crippen molar-refractivity contribution in [1.29, 1.82) is 0 Å². The van der Waals surface area contributed by atoms with E-state index in [1.807, 2.05) is 43.3 Å². The van der Waals surface area contributed by atoms with Gasteiger partial charge >= 0.3 is 0 Å². The third kappa shape index (κ3) is 3.93. The van der Waals surface area contributed by atoms with Crippen molar-refractivity contribution in [3.05, 3.63) is 78.1 Å². The van der Waals surface area contributed by atoms with E-state index in [2.05, 4.69) is 45.2 Å². The molecule has 1 aromatic heterocycles. The summed E-state index contributed by atoms with van der Waals surface area (Å²) in [5.74, 6) is 1.65. The molecule has 5 nitrogen and oxygen atoms in total. The molecule has 0 saturated heterocycles. The van der Waals surface area contributed by atoms with Crippen LogP contribution in [0.4, 0.5) is 5.69 Å². The number of fused-ring (bicyclic) bond motifs is 1. The van der Waals surface area contributed by atoms with Crippen molar-refractivity contribution in [3.8, 4) is 11.5 Å². The summed E-state index contributed by atoms with van der Waals surface area (Å²) in [4.78, 5) is 2.24. The van der Waals surface area contributed by atoms with Gasteiger partial charge in [0.15, 0.2) is 5.11 Å². The van der Waals surface area contributed by atoms with Crippen molar-refractivity contribution >= 4 is 23.0 Å². The highest BCUT2D eigenvalue weighted by Crippen LogP contribution is 2.34. The second kappa shape index (κ2) is 8.57. The van der Waals surface area contributed by atoms with E-state index in [0.29, 0.717) is 11.7 Å². The zero-order valence-corrected chi connectivity index (χ0v) is 17.5. The molecule has 0 bridgehead atoms. The first-order valence-corrected chi connectivity index (χ1v) is 10.2. The number of nitrogens with zero attached hydrogens (tertiary/aromatic N) is 2. The van der Waals surface area contributed by atoms with Crippen LogP contribution in [0.1, 0.15) is 24.2 Å². The number of rotatable bonds is 5. The number of thiocarbonyl (C=S) groups is 1. The Morgan fingerprint density at radius 2 is 1.86 bits per heavy atom. The Morgan fingerprint density at radius 1 is 1.07 bits per heavy atom. The fraction of sp³-hybridized carbons (Fsp3) is 0.261. The minimum Gasteiger partial charge on any atom is -0.495 e. The molecule has 1 N–H and O–H groups in total. The molecule has 2 heterocycles. The Morgan fingerprint density at radius 3 is 2.62 bits per heavy atom. The highest BCUT2D eigenvalue weighted by atomic mass is 32.1. The van der Waals surface area contributed by atoms with Crippen molar-refractivity contribution < 1.29 is 9.47 Å². The largest absolute Gasteiger partial charge is 0.495 e. The summed E-state index contributed by atoms with van der Waals surface area (Å²) in [6.45, 7) is 4.36. The highest BCUT2D eigenvalue weighted by Gasteiger charge is 2.30. The fourth-order valence-electron chi connectivity index (χ4n) is 3.80. The van der Waals surface area contributed by atoms with Crippen molar-refractivity contribution in [1.82, 2.24) is 9.47 Å². The number of methoxy groups -OCH3 is 1. The Hall–Kier alpha value is -2.99. The monoisotopic (exact) mass is 407 g/mol. The average molecular weight is 408 g/mol. The standard InChI is InChI=1S/C23H25N3O2S/c1-3-28-18-12-10-17(11-13-18)22-20-8-6-14-25(20)15-16-26(22)23(29)24-19-7-4-5-9-21(19)27-2/h4-14,22H,3,15-16H2,1-2H3,(H,24,29)/t22-/m0/s1. The van der Waals surface area contributed by atoms with E-state index in [1.165, 1.54) is 11.3 Å². The molecular weight excluding hydrogens is 382 g/mol. The van der Waals surface area contributed by atoms with Crippen LogP contribution in [-0.4, -0.2) is 34.8 Å². The van der Waals surface area contributed by atoms with E-state index in [1.54, 1.807) is 7.11 Å². The van der Waals surface area contributed by atoms with Crippen molar-refractivity contribution in [2.45, 2.75) is 19.5 Å². The van der Waals surface area contributed by atoms with E-state index in [9.17, 15) is 0 Å². The van der Waals surface area contributed by atoms with Crippen LogP contribution in [0.25, 0.3) is 0 Å². The maximum absolute atomic E-state index is 5.84. The van der Waals surface area contributed by atoms with Gasteiger partial charge in [0, 0.05) is 25.0 Å². The molecule has 1 atom stereocenters. The molecule has 4 rings (SSSR count). The molecule has 0 fully saturated rings. The highest BCUT2D eigenvalue weighted by molar-refractivity contribution is 7.80. The number of benzene rings is 2. The lowest BCUT2D eigenvalue weighted by atomic mass is 10.00. The Bertz CT molecular complexity index is 984. The average Bonchev–Trinajstić information content (AvgIpc) is 3.23. The maximum atomic E-state index is 5.84. The first-order chi connectivity index (χ1) is 14.2. The van der Waals surface area contributed by atoms with Crippen LogP contribution < -0.4 is 14.8 Å². The number of hydrogen-bond acceptors (Lipinski definition) is 3. The molecule has 0 radical (unpaired) electrons. The van der Waals surface area contributed by atoms with Crippen LogP contribution in [0.15, 0.2) is 66.9 Å². The Kier molecular flexibility index (Phi) is 5.71. The van der Waals surface area contributed by atoms with E-state index >= 15 is 0 Å². The van der Waals surface area contributed by atoms with Gasteiger partial charge in [-0.05, 0) is 61.1 Å². The van der Waals surface area contributed by atoms with Gasteiger partial charge in [0.25, 0.3) is 0 Å². The summed E-state index contributed by atoms with van der Waals surface area (Å²) in [5, 5.41) is 4.07. The van der Waals surface area contributed by atoms with Gasteiger partial charge in [0.1, 0.15) is 11.5 Å². The molecule has 0 spiro atoms. The SMILES string of the molecule is CCOc1ccc([C@H]2c3cccn3CCN2C(=S)Nc2ccccc2OC)cc1. The minimum atomic E-state index is 0.0316. The summed E-state index contributed by atoms with van der Waals surface area (Å²) < 4.78 is 13.4. The lowest BCUT2D eigenvalue weighted by Gasteiger charge is -2.39. The molecular formula is C23H25N3O2S. The summed E-state index contributed by atoms with van der Waals surface area (Å²) >= 11 is 5.84. The van der Waals surface area contributed by atoms with Crippen LogP contribution in [0.2, 0.25) is 0 Å². The minimum absolute atomic E-state index is 0.0316. The van der Waals surface area contributed by atoms with Crippen LogP contribution in [0.5, 0.6) is 11.5 Å². The zero-order valence-electron chi connectivity index (χ0n) is 16.7. The van der Waals surface area contributed by atoms with Gasteiger partial charge in [-0.2, -0.15) is 0 Å². The Balaban J connectivity index is 1.65. The topological polar surface area (TPSA) is 38.7 Å². The smallest absolute Gasteiger partial charge is 0.174 e. The summed E-state index contributed by atoms with van der Waals surface area (Å²) in [5.41, 5.74) is 3.27. The second-order valence-electron chi connectivity index (χ2n) is 6.85. The molecule has 1 aliphatic heterocycles. The summed E-state index contributed by atoms with van der Waals surface area (Å²) in [7, 11) is 1.67.